The topological polar surface area (TPSA) is 96.0 Å². The maximum Gasteiger partial charge on any atom is 0.150 e. The molecule has 1 aliphatic heterocycles. The largest absolute Gasteiger partial charge is 0.398 e. The van der Waals surface area contributed by atoms with Crippen LogP contribution in [-0.2, 0) is 9.84 Å². The predicted octanol–water partition coefficient (Wildman–Crippen LogP) is 0.987. The van der Waals surface area contributed by atoms with E-state index in [2.05, 4.69) is 5.32 Å². The highest BCUT2D eigenvalue weighted by Gasteiger charge is 2.27. The van der Waals surface area contributed by atoms with Gasteiger partial charge in [-0.15, -0.1) is 0 Å². The molecule has 0 bridgehead atoms. The number of nitrogens with two attached hydrogens (primary N) is 1. The second-order valence-corrected chi connectivity index (χ2v) is 6.79. The van der Waals surface area contributed by atoms with E-state index in [4.69, 9.17) is 11.0 Å². The molecule has 1 saturated heterocycles. The van der Waals surface area contributed by atoms with Crippen molar-refractivity contribution in [2.45, 2.75) is 6.42 Å². The normalized spacial score (nSPS) is 21.4. The highest BCUT2D eigenvalue weighted by atomic mass is 32.2. The third kappa shape index (κ3) is 2.93. The molecule has 1 fully saturated rings. The lowest BCUT2D eigenvalue weighted by Crippen LogP contribution is -2.15. The van der Waals surface area contributed by atoms with Crippen molar-refractivity contribution >= 4 is 21.2 Å². The minimum absolute atomic E-state index is 0.151. The van der Waals surface area contributed by atoms with Gasteiger partial charge in [0.2, 0.25) is 0 Å². The molecule has 1 aliphatic rings. The number of nitrogens with one attached hydrogen (secondary N) is 1. The molecule has 2 rings (SSSR count). The lowest BCUT2D eigenvalue weighted by atomic mass is 10.1. The molecule has 1 aromatic carbocycles. The van der Waals surface area contributed by atoms with E-state index in [1.807, 2.05) is 6.07 Å². The smallest absolute Gasteiger partial charge is 0.150 e. The first-order chi connectivity index (χ1) is 8.50. The zero-order valence-electron chi connectivity index (χ0n) is 9.89. The Hall–Kier alpha value is -1.74. The van der Waals surface area contributed by atoms with Crippen molar-refractivity contribution in [1.29, 1.82) is 5.26 Å². The van der Waals surface area contributed by atoms with Crippen molar-refractivity contribution in [3.8, 4) is 6.07 Å². The summed E-state index contributed by atoms with van der Waals surface area (Å²) in [5.74, 6) is 0.683. The molecular formula is C12H15N3O2S. The highest BCUT2D eigenvalue weighted by molar-refractivity contribution is 7.91. The molecule has 3 N–H and O–H groups in total. The maximum absolute atomic E-state index is 11.3. The SMILES string of the molecule is N#Cc1cc(NCC2CCS(=O)(=O)C2)ccc1N. The predicted molar refractivity (Wildman–Crippen MR) is 70.8 cm³/mol. The minimum atomic E-state index is -2.83. The first kappa shape index (κ1) is 12.7. The Kier molecular flexibility index (Phi) is 3.43. The van der Waals surface area contributed by atoms with Crippen molar-refractivity contribution in [1.82, 2.24) is 0 Å². The van der Waals surface area contributed by atoms with Gasteiger partial charge < -0.3 is 11.1 Å². The van der Waals surface area contributed by atoms with Gasteiger partial charge >= 0.3 is 0 Å². The molecule has 5 nitrogen and oxygen atoms in total. The first-order valence-corrected chi connectivity index (χ1v) is 7.56. The van der Waals surface area contributed by atoms with Crippen LogP contribution in [0.4, 0.5) is 11.4 Å². The van der Waals surface area contributed by atoms with Gasteiger partial charge in [-0.2, -0.15) is 5.26 Å². The molecule has 0 amide bonds. The fourth-order valence-corrected chi connectivity index (χ4v) is 3.92. The molecule has 1 unspecified atom stereocenters. The van der Waals surface area contributed by atoms with Crippen molar-refractivity contribution in [3.63, 3.8) is 0 Å². The van der Waals surface area contributed by atoms with Crippen LogP contribution in [0.1, 0.15) is 12.0 Å². The van der Waals surface area contributed by atoms with Crippen LogP contribution in [0.3, 0.4) is 0 Å². The highest BCUT2D eigenvalue weighted by Crippen LogP contribution is 2.21. The number of nitriles is 1. The molecule has 96 valence electrons. The second kappa shape index (κ2) is 4.86. The van der Waals surface area contributed by atoms with Crippen molar-refractivity contribution < 1.29 is 8.42 Å². The van der Waals surface area contributed by atoms with Gasteiger partial charge in [-0.1, -0.05) is 0 Å². The summed E-state index contributed by atoms with van der Waals surface area (Å²) >= 11 is 0. The third-order valence-corrected chi connectivity index (χ3v) is 4.93. The van der Waals surface area contributed by atoms with Crippen LogP contribution >= 0.6 is 0 Å². The first-order valence-electron chi connectivity index (χ1n) is 5.74. The van der Waals surface area contributed by atoms with Gasteiger partial charge in [-0.3, -0.25) is 0 Å². The van der Waals surface area contributed by atoms with Crippen molar-refractivity contribution in [2.24, 2.45) is 5.92 Å². The Morgan fingerprint density at radius 3 is 2.89 bits per heavy atom. The maximum atomic E-state index is 11.3. The van der Waals surface area contributed by atoms with Crippen molar-refractivity contribution in [3.05, 3.63) is 23.8 Å². The van der Waals surface area contributed by atoms with Gasteiger partial charge in [0, 0.05) is 17.9 Å². The number of nitrogen functional groups attached to an aromatic ring is 1. The number of anilines is 2. The molecule has 0 aliphatic carbocycles. The fourth-order valence-electron chi connectivity index (χ4n) is 2.06. The number of hydrogen-bond acceptors (Lipinski definition) is 5. The number of hydrogen-bond donors (Lipinski definition) is 2. The molecule has 0 spiro atoms. The summed E-state index contributed by atoms with van der Waals surface area (Å²) in [7, 11) is -2.83. The molecule has 0 radical (unpaired) electrons. The van der Waals surface area contributed by atoms with Gasteiger partial charge in [-0.25, -0.2) is 8.42 Å². The summed E-state index contributed by atoms with van der Waals surface area (Å²) in [5.41, 5.74) is 7.30. The van der Waals surface area contributed by atoms with Crippen LogP contribution in [0, 0.1) is 17.2 Å². The average Bonchev–Trinajstić information content (AvgIpc) is 2.68. The number of rotatable bonds is 3. The third-order valence-electron chi connectivity index (χ3n) is 3.10. The molecule has 0 aromatic heterocycles. The zero-order valence-corrected chi connectivity index (χ0v) is 10.7. The van der Waals surface area contributed by atoms with E-state index in [1.165, 1.54) is 0 Å². The van der Waals surface area contributed by atoms with Crippen LogP contribution < -0.4 is 11.1 Å². The average molecular weight is 265 g/mol. The molecule has 1 atom stereocenters. The van der Waals surface area contributed by atoms with E-state index in [-0.39, 0.29) is 17.4 Å². The van der Waals surface area contributed by atoms with E-state index in [0.717, 1.165) is 5.69 Å². The lowest BCUT2D eigenvalue weighted by Gasteiger charge is -2.11. The Morgan fingerprint density at radius 2 is 2.28 bits per heavy atom. The zero-order chi connectivity index (χ0) is 13.2. The van der Waals surface area contributed by atoms with Crippen LogP contribution in [0.25, 0.3) is 0 Å². The molecule has 0 saturated carbocycles. The quantitative estimate of drug-likeness (QED) is 0.794. The summed E-state index contributed by atoms with van der Waals surface area (Å²) in [6.45, 7) is 0.605. The lowest BCUT2D eigenvalue weighted by molar-refractivity contribution is 0.596. The summed E-state index contributed by atoms with van der Waals surface area (Å²) in [6, 6.07) is 7.16. The summed E-state index contributed by atoms with van der Waals surface area (Å²) in [4.78, 5) is 0. The van der Waals surface area contributed by atoms with Crippen LogP contribution in [0.15, 0.2) is 18.2 Å². The molecule has 1 aromatic rings. The van der Waals surface area contributed by atoms with E-state index in [1.54, 1.807) is 18.2 Å². The summed E-state index contributed by atoms with van der Waals surface area (Å²) in [6.07, 6.45) is 0.704. The van der Waals surface area contributed by atoms with Gasteiger partial charge in [0.25, 0.3) is 0 Å². The summed E-state index contributed by atoms with van der Waals surface area (Å²) in [5, 5.41) is 12.0. The minimum Gasteiger partial charge on any atom is -0.398 e. The number of sulfone groups is 1. The number of nitrogens with zero attached hydrogens (tertiary/aromatic N) is 1. The number of benzene rings is 1. The van der Waals surface area contributed by atoms with Gasteiger partial charge in [-0.05, 0) is 30.5 Å². The van der Waals surface area contributed by atoms with Gasteiger partial charge in [0.05, 0.1) is 17.1 Å². The van der Waals surface area contributed by atoms with Gasteiger partial charge in [0.15, 0.2) is 9.84 Å². The van der Waals surface area contributed by atoms with Crippen molar-refractivity contribution in [2.75, 3.05) is 29.1 Å². The van der Waals surface area contributed by atoms with E-state index < -0.39 is 9.84 Å². The summed E-state index contributed by atoms with van der Waals surface area (Å²) < 4.78 is 22.6. The van der Waals surface area contributed by atoms with Crippen LogP contribution in [0.5, 0.6) is 0 Å². The Bertz CT molecular complexity index is 590. The standard InChI is InChI=1S/C12H15N3O2S/c13-6-10-5-11(1-2-12(10)14)15-7-9-3-4-18(16,17)8-9/h1-2,5,9,15H,3-4,7-8,14H2. The molecule has 6 heteroatoms. The van der Waals surface area contributed by atoms with E-state index >= 15 is 0 Å². The second-order valence-electron chi connectivity index (χ2n) is 4.56. The van der Waals surface area contributed by atoms with Gasteiger partial charge in [0.1, 0.15) is 6.07 Å². The van der Waals surface area contributed by atoms with Crippen LogP contribution in [-0.4, -0.2) is 26.5 Å². The molecule has 1 heterocycles. The molecule has 18 heavy (non-hydrogen) atoms. The molecular weight excluding hydrogens is 250 g/mol. The van der Waals surface area contributed by atoms with Crippen LogP contribution in [0.2, 0.25) is 0 Å². The fraction of sp³-hybridized carbons (Fsp3) is 0.417. The Labute approximate surface area is 107 Å². The monoisotopic (exact) mass is 265 g/mol. The Morgan fingerprint density at radius 1 is 1.50 bits per heavy atom. The van der Waals surface area contributed by atoms with E-state index in [0.29, 0.717) is 24.2 Å². The Balaban J connectivity index is 1.97. The van der Waals surface area contributed by atoms with E-state index in [9.17, 15) is 8.42 Å².